The molecule has 0 aliphatic heterocycles. The Kier molecular flexibility index (Phi) is 7.18. The van der Waals surface area contributed by atoms with Crippen LogP contribution in [0.2, 0.25) is 0 Å². The van der Waals surface area contributed by atoms with Crippen LogP contribution in [0.1, 0.15) is 40.0 Å². The summed E-state index contributed by atoms with van der Waals surface area (Å²) in [5, 5.41) is 12.1. The summed E-state index contributed by atoms with van der Waals surface area (Å²) < 4.78 is 5.00. The summed E-state index contributed by atoms with van der Waals surface area (Å²) in [7, 11) is 0. The average Bonchev–Trinajstić information content (AvgIpc) is 2.13. The molecule has 0 unspecified atom stereocenters. The van der Waals surface area contributed by atoms with Crippen molar-refractivity contribution in [2.45, 2.75) is 51.7 Å². The minimum atomic E-state index is -1.04. The molecule has 0 spiro atoms. The van der Waals surface area contributed by atoms with Crippen molar-refractivity contribution in [1.82, 2.24) is 5.32 Å². The topological polar surface area (TPSA) is 75.6 Å². The van der Waals surface area contributed by atoms with E-state index in [0.717, 1.165) is 18.2 Å². The molecule has 0 bridgehead atoms. The van der Waals surface area contributed by atoms with E-state index in [2.05, 4.69) is 21.2 Å². The van der Waals surface area contributed by atoms with Gasteiger partial charge in [0.1, 0.15) is 11.6 Å². The molecular weight excluding hydrogens is 290 g/mol. The fourth-order valence-electron chi connectivity index (χ4n) is 1.15. The number of carbonyl (C=O) groups is 2. The van der Waals surface area contributed by atoms with E-state index in [-0.39, 0.29) is 0 Å². The van der Waals surface area contributed by atoms with Crippen LogP contribution in [-0.4, -0.2) is 34.1 Å². The monoisotopic (exact) mass is 309 g/mol. The van der Waals surface area contributed by atoms with Crippen molar-refractivity contribution in [3.63, 3.8) is 0 Å². The van der Waals surface area contributed by atoms with Crippen LogP contribution in [-0.2, 0) is 9.53 Å². The maximum atomic E-state index is 11.4. The van der Waals surface area contributed by atoms with Crippen LogP contribution in [0.15, 0.2) is 0 Å². The SMILES string of the molecule is CC(C)(C)OC(=O)N[C@H](CCCCBr)C(=O)O. The van der Waals surface area contributed by atoms with Gasteiger partial charge in [-0.3, -0.25) is 0 Å². The number of aliphatic carboxylic acids is 1. The number of ether oxygens (including phenoxy) is 1. The van der Waals surface area contributed by atoms with Crippen molar-refractivity contribution >= 4 is 28.0 Å². The number of alkyl carbamates (subject to hydrolysis) is 1. The molecule has 0 aliphatic rings. The fraction of sp³-hybridized carbons (Fsp3) is 0.818. The Bertz CT molecular complexity index is 263. The Hall–Kier alpha value is -0.780. The molecule has 0 aliphatic carbocycles. The maximum absolute atomic E-state index is 11.4. The van der Waals surface area contributed by atoms with Crippen molar-refractivity contribution in [3.05, 3.63) is 0 Å². The Morgan fingerprint density at radius 2 is 1.94 bits per heavy atom. The number of hydrogen-bond acceptors (Lipinski definition) is 3. The number of carboxylic acid groups (broad SMARTS) is 1. The first-order valence-electron chi connectivity index (χ1n) is 5.54. The van der Waals surface area contributed by atoms with Crippen LogP contribution in [0, 0.1) is 0 Å². The van der Waals surface area contributed by atoms with E-state index in [1.807, 2.05) is 0 Å². The van der Waals surface area contributed by atoms with E-state index in [9.17, 15) is 9.59 Å². The zero-order chi connectivity index (χ0) is 13.5. The molecule has 0 aromatic carbocycles. The van der Waals surface area contributed by atoms with Crippen LogP contribution in [0.5, 0.6) is 0 Å². The molecule has 0 saturated carbocycles. The number of nitrogens with one attached hydrogen (secondary N) is 1. The molecule has 100 valence electrons. The predicted molar refractivity (Wildman–Crippen MR) is 68.4 cm³/mol. The number of rotatable bonds is 6. The number of amides is 1. The molecule has 5 nitrogen and oxygen atoms in total. The molecular formula is C11H20BrNO4. The van der Waals surface area contributed by atoms with Gasteiger partial charge in [-0.1, -0.05) is 15.9 Å². The Morgan fingerprint density at radius 3 is 2.35 bits per heavy atom. The van der Waals surface area contributed by atoms with Gasteiger partial charge >= 0.3 is 12.1 Å². The number of halogens is 1. The third-order valence-corrected chi connectivity index (χ3v) is 2.43. The first kappa shape index (κ1) is 16.2. The summed E-state index contributed by atoms with van der Waals surface area (Å²) in [6.07, 6.45) is 1.32. The molecule has 0 heterocycles. The minimum Gasteiger partial charge on any atom is -0.480 e. The molecule has 0 saturated heterocycles. The van der Waals surface area contributed by atoms with Gasteiger partial charge in [0, 0.05) is 5.33 Å². The molecule has 0 aromatic heterocycles. The number of carboxylic acids is 1. The smallest absolute Gasteiger partial charge is 0.408 e. The fourth-order valence-corrected chi connectivity index (χ4v) is 1.55. The first-order chi connectivity index (χ1) is 7.76. The number of hydrogen-bond donors (Lipinski definition) is 2. The van der Waals surface area contributed by atoms with Gasteiger partial charge in [0.05, 0.1) is 0 Å². The summed E-state index contributed by atoms with van der Waals surface area (Å²) in [5.41, 5.74) is -0.622. The summed E-state index contributed by atoms with van der Waals surface area (Å²) in [6, 6.07) is -0.885. The minimum absolute atomic E-state index is 0.403. The molecule has 0 aromatic rings. The van der Waals surface area contributed by atoms with Crippen LogP contribution in [0.4, 0.5) is 4.79 Å². The van der Waals surface area contributed by atoms with Crippen molar-refractivity contribution < 1.29 is 19.4 Å². The zero-order valence-electron chi connectivity index (χ0n) is 10.5. The Balaban J connectivity index is 4.16. The second-order valence-electron chi connectivity index (χ2n) is 4.72. The van der Waals surface area contributed by atoms with Crippen LogP contribution in [0.3, 0.4) is 0 Å². The van der Waals surface area contributed by atoms with Crippen LogP contribution < -0.4 is 5.32 Å². The van der Waals surface area contributed by atoms with Gasteiger partial charge in [-0.15, -0.1) is 0 Å². The lowest BCUT2D eigenvalue weighted by Gasteiger charge is -2.21. The summed E-state index contributed by atoms with van der Waals surface area (Å²) in [6.45, 7) is 5.19. The molecule has 0 fully saturated rings. The lowest BCUT2D eigenvalue weighted by atomic mass is 10.1. The highest BCUT2D eigenvalue weighted by Crippen LogP contribution is 2.08. The van der Waals surface area contributed by atoms with Gasteiger partial charge in [-0.05, 0) is 40.0 Å². The van der Waals surface area contributed by atoms with E-state index in [1.165, 1.54) is 0 Å². The van der Waals surface area contributed by atoms with Gasteiger partial charge in [-0.2, -0.15) is 0 Å². The highest BCUT2D eigenvalue weighted by Gasteiger charge is 2.23. The quantitative estimate of drug-likeness (QED) is 0.584. The zero-order valence-corrected chi connectivity index (χ0v) is 12.0. The van der Waals surface area contributed by atoms with Crippen molar-refractivity contribution in [3.8, 4) is 0 Å². The van der Waals surface area contributed by atoms with E-state index in [0.29, 0.717) is 6.42 Å². The highest BCUT2D eigenvalue weighted by atomic mass is 79.9. The average molecular weight is 310 g/mol. The van der Waals surface area contributed by atoms with Gasteiger partial charge in [0.25, 0.3) is 0 Å². The van der Waals surface area contributed by atoms with E-state index >= 15 is 0 Å². The van der Waals surface area contributed by atoms with Crippen molar-refractivity contribution in [2.75, 3.05) is 5.33 Å². The van der Waals surface area contributed by atoms with Gasteiger partial charge < -0.3 is 15.2 Å². The third-order valence-electron chi connectivity index (χ3n) is 1.87. The molecule has 1 amide bonds. The molecule has 1 atom stereocenters. The summed E-state index contributed by atoms with van der Waals surface area (Å²) >= 11 is 3.27. The standard InChI is InChI=1S/C11H20BrNO4/c1-11(2,3)17-10(16)13-8(9(14)15)6-4-5-7-12/h8H,4-7H2,1-3H3,(H,13,16)(H,14,15)/t8-/m1/s1. The van der Waals surface area contributed by atoms with E-state index < -0.39 is 23.7 Å². The van der Waals surface area contributed by atoms with Crippen LogP contribution in [0.25, 0.3) is 0 Å². The number of unbranched alkanes of at least 4 members (excludes halogenated alkanes) is 1. The Labute approximate surface area is 110 Å². The molecule has 0 radical (unpaired) electrons. The number of alkyl halides is 1. The lowest BCUT2D eigenvalue weighted by molar-refractivity contribution is -0.139. The summed E-state index contributed by atoms with van der Waals surface area (Å²) in [4.78, 5) is 22.3. The lowest BCUT2D eigenvalue weighted by Crippen LogP contribution is -2.43. The number of carbonyl (C=O) groups excluding carboxylic acids is 1. The Morgan fingerprint density at radius 1 is 1.35 bits per heavy atom. The predicted octanol–water partition coefficient (Wildman–Crippen LogP) is 2.53. The summed E-state index contributed by atoms with van der Waals surface area (Å²) in [5.74, 6) is -1.04. The van der Waals surface area contributed by atoms with E-state index in [4.69, 9.17) is 9.84 Å². The third kappa shape index (κ3) is 8.97. The van der Waals surface area contributed by atoms with Crippen molar-refractivity contribution in [1.29, 1.82) is 0 Å². The highest BCUT2D eigenvalue weighted by molar-refractivity contribution is 9.09. The largest absolute Gasteiger partial charge is 0.480 e. The van der Waals surface area contributed by atoms with Crippen molar-refractivity contribution in [2.24, 2.45) is 0 Å². The first-order valence-corrected chi connectivity index (χ1v) is 6.66. The molecule has 0 rings (SSSR count). The molecule has 17 heavy (non-hydrogen) atoms. The molecule has 6 heteroatoms. The van der Waals surface area contributed by atoms with Gasteiger partial charge in [0.2, 0.25) is 0 Å². The second-order valence-corrected chi connectivity index (χ2v) is 5.51. The maximum Gasteiger partial charge on any atom is 0.408 e. The normalized spacial score (nSPS) is 12.9. The van der Waals surface area contributed by atoms with Gasteiger partial charge in [-0.25, -0.2) is 9.59 Å². The van der Waals surface area contributed by atoms with Gasteiger partial charge in [0.15, 0.2) is 0 Å². The second kappa shape index (κ2) is 7.53. The van der Waals surface area contributed by atoms with E-state index in [1.54, 1.807) is 20.8 Å². The van der Waals surface area contributed by atoms with Crippen LogP contribution >= 0.6 is 15.9 Å². The molecule has 2 N–H and O–H groups in total.